The minimum absolute atomic E-state index is 0.111. The fourth-order valence-electron chi connectivity index (χ4n) is 6.37. The first-order chi connectivity index (χ1) is 22.5. The quantitative estimate of drug-likeness (QED) is 0.136. The second kappa shape index (κ2) is 14.0. The molecule has 0 aliphatic heterocycles. The molecule has 2 N–H and O–H groups in total. The van der Waals surface area contributed by atoms with Crippen molar-refractivity contribution >= 4 is 23.8 Å². The summed E-state index contributed by atoms with van der Waals surface area (Å²) in [6.07, 6.45) is -0.567. The molecule has 0 heterocycles. The number of carbonyl (C=O) groups is 2. The van der Waals surface area contributed by atoms with Crippen LogP contribution < -0.4 is 10.1 Å². The van der Waals surface area contributed by atoms with Gasteiger partial charge in [0.2, 0.25) is 0 Å². The zero-order valence-electron chi connectivity index (χ0n) is 25.5. The van der Waals surface area contributed by atoms with Gasteiger partial charge >= 0.3 is 12.1 Å². The van der Waals surface area contributed by atoms with Crippen LogP contribution in [-0.4, -0.2) is 42.7 Å². The maximum Gasteiger partial charge on any atom is 0.407 e. The van der Waals surface area contributed by atoms with Crippen molar-refractivity contribution in [1.82, 2.24) is 5.32 Å². The molecule has 1 atom stereocenters. The zero-order valence-corrected chi connectivity index (χ0v) is 26.3. The summed E-state index contributed by atoms with van der Waals surface area (Å²) in [6, 6.07) is 43.2. The number of carboxylic acids is 1. The SMILES string of the molecule is COc1ccccc1C(SCC[C@H](NC(=O)OCC1c2ccccc2-c2ccccc21)C(=O)O)(c1ccccc1)c1ccccc1. The molecule has 0 bridgehead atoms. The highest BCUT2D eigenvalue weighted by Gasteiger charge is 2.39. The van der Waals surface area contributed by atoms with Gasteiger partial charge in [0.1, 0.15) is 18.4 Å². The molecule has 0 saturated carbocycles. The number of ether oxygens (including phenoxy) is 2. The molecule has 1 aliphatic rings. The van der Waals surface area contributed by atoms with Crippen LogP contribution >= 0.6 is 11.8 Å². The number of nitrogens with one attached hydrogen (secondary N) is 1. The Bertz CT molecular complexity index is 1730. The summed E-state index contributed by atoms with van der Waals surface area (Å²) >= 11 is 1.61. The van der Waals surface area contributed by atoms with E-state index in [2.05, 4.69) is 47.8 Å². The second-order valence-electron chi connectivity index (χ2n) is 11.1. The Kier molecular flexibility index (Phi) is 9.41. The van der Waals surface area contributed by atoms with Crippen molar-refractivity contribution < 1.29 is 24.2 Å². The molecular weight excluding hydrogens is 594 g/mol. The van der Waals surface area contributed by atoms with E-state index in [-0.39, 0.29) is 18.9 Å². The molecule has 1 aliphatic carbocycles. The molecule has 7 heteroatoms. The number of rotatable bonds is 12. The third-order valence-corrected chi connectivity index (χ3v) is 10.1. The summed E-state index contributed by atoms with van der Waals surface area (Å²) in [5.41, 5.74) is 7.47. The number of hydrogen-bond acceptors (Lipinski definition) is 5. The number of carbonyl (C=O) groups excluding carboxylic acids is 1. The van der Waals surface area contributed by atoms with Crippen LogP contribution in [0.5, 0.6) is 5.75 Å². The number of carboxylic acid groups (broad SMARTS) is 1. The predicted octanol–water partition coefficient (Wildman–Crippen LogP) is 8.10. The van der Waals surface area contributed by atoms with Gasteiger partial charge in [-0.15, -0.1) is 11.8 Å². The maximum atomic E-state index is 13.0. The van der Waals surface area contributed by atoms with E-state index < -0.39 is 22.9 Å². The molecule has 5 aromatic rings. The zero-order chi connectivity index (χ0) is 31.9. The summed E-state index contributed by atoms with van der Waals surface area (Å²) in [7, 11) is 1.66. The van der Waals surface area contributed by atoms with Crippen molar-refractivity contribution in [3.63, 3.8) is 0 Å². The number of amides is 1. The van der Waals surface area contributed by atoms with E-state index in [1.807, 2.05) is 91.0 Å². The Morgan fingerprint density at radius 3 is 1.85 bits per heavy atom. The number of methoxy groups -OCH3 is 1. The van der Waals surface area contributed by atoms with Gasteiger partial charge in [-0.25, -0.2) is 9.59 Å². The topological polar surface area (TPSA) is 84.9 Å². The first kappa shape index (κ1) is 31.0. The van der Waals surface area contributed by atoms with E-state index in [0.29, 0.717) is 5.75 Å². The number of hydrogen-bond donors (Lipinski definition) is 2. The highest BCUT2D eigenvalue weighted by molar-refractivity contribution is 8.00. The standard InChI is InChI=1S/C39H35NO5S/c1-44-36-23-13-12-22-34(36)39(27-14-4-2-5-15-27,28-16-6-3-7-17-28)46-25-24-35(37(41)42)40-38(43)45-26-33-31-20-10-8-18-29(31)30-19-9-11-21-32(30)33/h2-23,33,35H,24-26H2,1H3,(H,40,43)(H,41,42)/t35-/m0/s1. The third-order valence-electron chi connectivity index (χ3n) is 8.51. The second-order valence-corrected chi connectivity index (χ2v) is 12.4. The Balaban J connectivity index is 1.20. The molecule has 232 valence electrons. The van der Waals surface area contributed by atoms with Gasteiger partial charge < -0.3 is 19.9 Å². The fraction of sp³-hybridized carbons (Fsp3) is 0.179. The van der Waals surface area contributed by atoms with Gasteiger partial charge in [-0.2, -0.15) is 0 Å². The smallest absolute Gasteiger partial charge is 0.407 e. The molecule has 1 amide bonds. The lowest BCUT2D eigenvalue weighted by atomic mass is 9.83. The Morgan fingerprint density at radius 1 is 0.761 bits per heavy atom. The van der Waals surface area contributed by atoms with E-state index in [0.717, 1.165) is 44.7 Å². The number of para-hydroxylation sites is 1. The van der Waals surface area contributed by atoms with Crippen LogP contribution in [0.3, 0.4) is 0 Å². The molecule has 46 heavy (non-hydrogen) atoms. The number of thioether (sulfide) groups is 1. The molecule has 6 rings (SSSR count). The minimum Gasteiger partial charge on any atom is -0.496 e. The molecule has 0 radical (unpaired) electrons. The normalized spacial score (nSPS) is 12.9. The molecule has 0 aromatic heterocycles. The van der Waals surface area contributed by atoms with E-state index >= 15 is 0 Å². The third kappa shape index (κ3) is 6.11. The maximum absolute atomic E-state index is 13.0. The van der Waals surface area contributed by atoms with E-state index in [1.165, 1.54) is 0 Å². The Morgan fingerprint density at radius 2 is 1.28 bits per heavy atom. The van der Waals surface area contributed by atoms with Crippen LogP contribution in [0, 0.1) is 0 Å². The van der Waals surface area contributed by atoms with Crippen molar-refractivity contribution in [3.8, 4) is 16.9 Å². The average molecular weight is 630 g/mol. The molecule has 0 saturated heterocycles. The lowest BCUT2D eigenvalue weighted by molar-refractivity contribution is -0.139. The molecule has 5 aromatic carbocycles. The summed E-state index contributed by atoms with van der Waals surface area (Å²) in [6.45, 7) is 0.111. The first-order valence-electron chi connectivity index (χ1n) is 15.3. The van der Waals surface area contributed by atoms with Gasteiger partial charge in [-0.3, -0.25) is 0 Å². The minimum atomic E-state index is -1.13. The highest BCUT2D eigenvalue weighted by Crippen LogP contribution is 2.51. The van der Waals surface area contributed by atoms with Gasteiger partial charge in [0.25, 0.3) is 0 Å². The van der Waals surface area contributed by atoms with E-state index in [4.69, 9.17) is 9.47 Å². The predicted molar refractivity (Wildman–Crippen MR) is 182 cm³/mol. The van der Waals surface area contributed by atoms with E-state index in [9.17, 15) is 14.7 Å². The Hall–Kier alpha value is -5.01. The number of aliphatic carboxylic acids is 1. The lowest BCUT2D eigenvalue weighted by Crippen LogP contribution is -2.42. The summed E-state index contributed by atoms with van der Waals surface area (Å²) in [5.74, 6) is -0.0801. The van der Waals surface area contributed by atoms with Crippen LogP contribution in [0.4, 0.5) is 4.79 Å². The largest absolute Gasteiger partial charge is 0.496 e. The van der Waals surface area contributed by atoms with Crippen molar-refractivity contribution in [1.29, 1.82) is 0 Å². The van der Waals surface area contributed by atoms with E-state index in [1.54, 1.807) is 18.9 Å². The number of fused-ring (bicyclic) bond motifs is 3. The average Bonchev–Trinajstić information content (AvgIpc) is 3.43. The van der Waals surface area contributed by atoms with Gasteiger partial charge in [-0.1, -0.05) is 127 Å². The summed E-state index contributed by atoms with van der Waals surface area (Å²) < 4.78 is 10.8. The van der Waals surface area contributed by atoms with Gasteiger partial charge in [0.05, 0.1) is 11.9 Å². The van der Waals surface area contributed by atoms with Crippen LogP contribution in [0.2, 0.25) is 0 Å². The Labute approximate surface area is 273 Å². The van der Waals surface area contributed by atoms with Crippen LogP contribution in [0.1, 0.15) is 40.2 Å². The van der Waals surface area contributed by atoms with Crippen molar-refractivity contribution in [2.24, 2.45) is 0 Å². The fourth-order valence-corrected chi connectivity index (χ4v) is 7.96. The van der Waals surface area contributed by atoms with Gasteiger partial charge in [0.15, 0.2) is 0 Å². The molecule has 0 unspecified atom stereocenters. The van der Waals surface area contributed by atoms with Crippen LogP contribution in [-0.2, 0) is 14.3 Å². The lowest BCUT2D eigenvalue weighted by Gasteiger charge is -2.36. The molecule has 0 spiro atoms. The molecule has 0 fully saturated rings. The first-order valence-corrected chi connectivity index (χ1v) is 16.2. The van der Waals surface area contributed by atoms with Crippen molar-refractivity contribution in [2.45, 2.75) is 23.1 Å². The van der Waals surface area contributed by atoms with Crippen LogP contribution in [0.15, 0.2) is 133 Å². The molecule has 6 nitrogen and oxygen atoms in total. The molecular formula is C39H35NO5S. The number of alkyl carbamates (subject to hydrolysis) is 1. The van der Waals surface area contributed by atoms with Gasteiger partial charge in [-0.05, 0) is 51.6 Å². The van der Waals surface area contributed by atoms with Gasteiger partial charge in [0, 0.05) is 11.5 Å². The number of benzene rings is 5. The monoisotopic (exact) mass is 629 g/mol. The van der Waals surface area contributed by atoms with Crippen molar-refractivity contribution in [2.75, 3.05) is 19.5 Å². The summed E-state index contributed by atoms with van der Waals surface area (Å²) in [5, 5.41) is 12.7. The van der Waals surface area contributed by atoms with Crippen molar-refractivity contribution in [3.05, 3.63) is 161 Å². The van der Waals surface area contributed by atoms with Crippen LogP contribution in [0.25, 0.3) is 11.1 Å². The summed E-state index contributed by atoms with van der Waals surface area (Å²) in [4.78, 5) is 25.4. The highest BCUT2D eigenvalue weighted by atomic mass is 32.2.